The summed E-state index contributed by atoms with van der Waals surface area (Å²) in [6.45, 7) is 7.87. The molecule has 0 aromatic heterocycles. The summed E-state index contributed by atoms with van der Waals surface area (Å²) >= 11 is 0. The summed E-state index contributed by atoms with van der Waals surface area (Å²) in [5, 5.41) is 2.49. The molecule has 0 heterocycles. The monoisotopic (exact) mass is 290 g/mol. The van der Waals surface area contributed by atoms with Gasteiger partial charge in [0.15, 0.2) is 0 Å². The zero-order chi connectivity index (χ0) is 15.7. The SMILES string of the molecule is C=CCN(CC=C)C(=O)Oc1cccc(NC(=O)OC)c1. The molecule has 0 aliphatic heterocycles. The molecule has 0 saturated heterocycles. The molecule has 21 heavy (non-hydrogen) atoms. The zero-order valence-corrected chi connectivity index (χ0v) is 11.9. The molecule has 1 rings (SSSR count). The standard InChI is InChI=1S/C15H18N2O4/c1-4-9-17(10-5-2)15(19)21-13-8-6-7-12(11-13)16-14(18)20-3/h4-8,11H,1-2,9-10H2,3H3,(H,16,18). The fourth-order valence-electron chi connectivity index (χ4n) is 1.51. The Morgan fingerprint density at radius 3 is 2.52 bits per heavy atom. The summed E-state index contributed by atoms with van der Waals surface area (Å²) in [7, 11) is 1.27. The number of nitrogens with zero attached hydrogens (tertiary/aromatic N) is 1. The number of amides is 2. The molecule has 0 saturated carbocycles. The van der Waals surface area contributed by atoms with Crippen LogP contribution in [-0.2, 0) is 4.74 Å². The highest BCUT2D eigenvalue weighted by Crippen LogP contribution is 2.18. The van der Waals surface area contributed by atoms with Gasteiger partial charge >= 0.3 is 12.2 Å². The minimum atomic E-state index is -0.599. The van der Waals surface area contributed by atoms with Crippen molar-refractivity contribution in [3.05, 3.63) is 49.6 Å². The van der Waals surface area contributed by atoms with Crippen molar-refractivity contribution in [2.24, 2.45) is 0 Å². The fourth-order valence-corrected chi connectivity index (χ4v) is 1.51. The third-order valence-electron chi connectivity index (χ3n) is 2.43. The van der Waals surface area contributed by atoms with E-state index in [9.17, 15) is 9.59 Å². The smallest absolute Gasteiger partial charge is 0.415 e. The molecule has 0 bridgehead atoms. The first-order valence-corrected chi connectivity index (χ1v) is 6.24. The Morgan fingerprint density at radius 1 is 1.29 bits per heavy atom. The van der Waals surface area contributed by atoms with Crippen LogP contribution in [0.3, 0.4) is 0 Å². The number of hydrogen-bond acceptors (Lipinski definition) is 4. The van der Waals surface area contributed by atoms with Crippen LogP contribution in [0.5, 0.6) is 5.75 Å². The average Bonchev–Trinajstić information content (AvgIpc) is 2.47. The normalized spacial score (nSPS) is 9.38. The molecule has 0 atom stereocenters. The minimum absolute atomic E-state index is 0.312. The molecule has 1 aromatic carbocycles. The van der Waals surface area contributed by atoms with Gasteiger partial charge in [0.05, 0.1) is 7.11 Å². The Labute approximate surface area is 123 Å². The number of methoxy groups -OCH3 is 1. The van der Waals surface area contributed by atoms with Gasteiger partial charge in [-0.05, 0) is 12.1 Å². The van der Waals surface area contributed by atoms with Gasteiger partial charge in [-0.15, -0.1) is 13.2 Å². The quantitative estimate of drug-likeness (QED) is 0.818. The first-order valence-electron chi connectivity index (χ1n) is 6.24. The molecule has 112 valence electrons. The van der Waals surface area contributed by atoms with E-state index in [1.165, 1.54) is 18.1 Å². The highest BCUT2D eigenvalue weighted by molar-refractivity contribution is 5.84. The van der Waals surface area contributed by atoms with Crippen LogP contribution in [0, 0.1) is 0 Å². The van der Waals surface area contributed by atoms with Gasteiger partial charge < -0.3 is 14.4 Å². The number of hydrogen-bond donors (Lipinski definition) is 1. The maximum Gasteiger partial charge on any atom is 0.415 e. The van der Waals surface area contributed by atoms with E-state index in [4.69, 9.17) is 4.74 Å². The maximum absolute atomic E-state index is 12.0. The highest BCUT2D eigenvalue weighted by atomic mass is 16.6. The van der Waals surface area contributed by atoms with Crippen LogP contribution >= 0.6 is 0 Å². The Morgan fingerprint density at radius 2 is 1.95 bits per heavy atom. The summed E-state index contributed by atoms with van der Waals surface area (Å²) in [6, 6.07) is 6.44. The van der Waals surface area contributed by atoms with E-state index in [1.54, 1.807) is 30.4 Å². The molecule has 0 aliphatic carbocycles. The third kappa shape index (κ3) is 5.40. The first kappa shape index (κ1) is 16.3. The molecule has 1 aromatic rings. The minimum Gasteiger partial charge on any atom is -0.453 e. The second-order valence-electron chi connectivity index (χ2n) is 3.99. The fraction of sp³-hybridized carbons (Fsp3) is 0.200. The van der Waals surface area contributed by atoms with E-state index in [0.717, 1.165) is 0 Å². The molecule has 6 heteroatoms. The maximum atomic E-state index is 12.0. The van der Waals surface area contributed by atoms with E-state index in [0.29, 0.717) is 24.5 Å². The Bertz CT molecular complexity index is 518. The van der Waals surface area contributed by atoms with Crippen LogP contribution in [0.15, 0.2) is 49.6 Å². The van der Waals surface area contributed by atoms with Gasteiger partial charge in [-0.2, -0.15) is 0 Å². The molecule has 6 nitrogen and oxygen atoms in total. The van der Waals surface area contributed by atoms with E-state index < -0.39 is 12.2 Å². The van der Waals surface area contributed by atoms with Crippen molar-refractivity contribution in [3.63, 3.8) is 0 Å². The summed E-state index contributed by atoms with van der Waals surface area (Å²) < 4.78 is 9.73. The topological polar surface area (TPSA) is 67.9 Å². The summed E-state index contributed by atoms with van der Waals surface area (Å²) in [5.41, 5.74) is 0.464. The molecular formula is C15H18N2O4. The van der Waals surface area contributed by atoms with Crippen molar-refractivity contribution in [2.45, 2.75) is 0 Å². The number of carbonyl (C=O) groups is 2. The zero-order valence-electron chi connectivity index (χ0n) is 11.9. The van der Waals surface area contributed by atoms with Crippen LogP contribution in [0.25, 0.3) is 0 Å². The van der Waals surface area contributed by atoms with Gasteiger partial charge in [0.1, 0.15) is 5.75 Å². The molecule has 0 unspecified atom stereocenters. The van der Waals surface area contributed by atoms with Crippen molar-refractivity contribution in [1.29, 1.82) is 0 Å². The molecule has 2 amide bonds. The largest absolute Gasteiger partial charge is 0.453 e. The number of ether oxygens (including phenoxy) is 2. The predicted molar refractivity (Wildman–Crippen MR) is 80.5 cm³/mol. The lowest BCUT2D eigenvalue weighted by Gasteiger charge is -2.18. The predicted octanol–water partition coefficient (Wildman–Crippen LogP) is 3.04. The van der Waals surface area contributed by atoms with Gasteiger partial charge in [-0.25, -0.2) is 9.59 Å². The number of anilines is 1. The van der Waals surface area contributed by atoms with Gasteiger partial charge in [0.25, 0.3) is 0 Å². The molecule has 0 radical (unpaired) electrons. The van der Waals surface area contributed by atoms with Crippen LogP contribution in [0.4, 0.5) is 15.3 Å². The molecule has 0 fully saturated rings. The van der Waals surface area contributed by atoms with Crippen molar-refractivity contribution in [1.82, 2.24) is 4.90 Å². The van der Waals surface area contributed by atoms with Crippen molar-refractivity contribution < 1.29 is 19.1 Å². The van der Waals surface area contributed by atoms with Gasteiger partial charge in [-0.1, -0.05) is 18.2 Å². The summed E-state index contributed by atoms with van der Waals surface area (Å²) in [4.78, 5) is 24.5. The first-order chi connectivity index (χ1) is 10.1. The number of benzene rings is 1. The van der Waals surface area contributed by atoms with E-state index in [-0.39, 0.29) is 0 Å². The lowest BCUT2D eigenvalue weighted by Crippen LogP contribution is -2.33. The van der Waals surface area contributed by atoms with Crippen molar-refractivity contribution in [2.75, 3.05) is 25.5 Å². The van der Waals surface area contributed by atoms with Crippen molar-refractivity contribution >= 4 is 17.9 Å². The highest BCUT2D eigenvalue weighted by Gasteiger charge is 2.13. The molecule has 0 aliphatic rings. The van der Waals surface area contributed by atoms with Crippen LogP contribution in [0.2, 0.25) is 0 Å². The van der Waals surface area contributed by atoms with Crippen LogP contribution in [0.1, 0.15) is 0 Å². The second-order valence-corrected chi connectivity index (χ2v) is 3.99. The Kier molecular flexibility index (Phi) is 6.53. The Hall–Kier alpha value is -2.76. The summed E-state index contributed by atoms with van der Waals surface area (Å²) in [5.74, 6) is 0.312. The Balaban J connectivity index is 2.74. The molecule has 0 spiro atoms. The lowest BCUT2D eigenvalue weighted by molar-refractivity contribution is 0.162. The van der Waals surface area contributed by atoms with Crippen LogP contribution in [-0.4, -0.2) is 37.3 Å². The molecular weight excluding hydrogens is 272 g/mol. The number of carbonyl (C=O) groups excluding carboxylic acids is 2. The van der Waals surface area contributed by atoms with Gasteiger partial charge in [-0.3, -0.25) is 5.32 Å². The molecule has 1 N–H and O–H groups in total. The van der Waals surface area contributed by atoms with E-state index in [1.807, 2.05) is 0 Å². The van der Waals surface area contributed by atoms with Gasteiger partial charge in [0, 0.05) is 24.8 Å². The van der Waals surface area contributed by atoms with E-state index >= 15 is 0 Å². The van der Waals surface area contributed by atoms with Gasteiger partial charge in [0.2, 0.25) is 0 Å². The number of nitrogens with one attached hydrogen (secondary N) is 1. The summed E-state index contributed by atoms with van der Waals surface area (Å²) in [6.07, 6.45) is 2.07. The van der Waals surface area contributed by atoms with E-state index in [2.05, 4.69) is 23.2 Å². The third-order valence-corrected chi connectivity index (χ3v) is 2.43. The second kappa shape index (κ2) is 8.42. The lowest BCUT2D eigenvalue weighted by atomic mass is 10.3. The van der Waals surface area contributed by atoms with Crippen molar-refractivity contribution in [3.8, 4) is 5.75 Å². The average molecular weight is 290 g/mol. The number of rotatable bonds is 6. The van der Waals surface area contributed by atoms with Crippen LogP contribution < -0.4 is 10.1 Å².